The van der Waals surface area contributed by atoms with E-state index in [-0.39, 0.29) is 6.04 Å². The molecule has 1 N–H and O–H groups in total. The summed E-state index contributed by atoms with van der Waals surface area (Å²) in [5, 5.41) is 3.78. The molecular weight excluding hydrogens is 266 g/mol. The maximum atomic E-state index is 11.5. The van der Waals surface area contributed by atoms with E-state index >= 15 is 0 Å². The lowest BCUT2D eigenvalue weighted by Gasteiger charge is -2.15. The van der Waals surface area contributed by atoms with Gasteiger partial charge in [-0.15, -0.1) is 0 Å². The van der Waals surface area contributed by atoms with Crippen LogP contribution in [0.5, 0.6) is 0 Å². The Kier molecular flexibility index (Phi) is 4.12. The van der Waals surface area contributed by atoms with Gasteiger partial charge in [0.2, 0.25) is 0 Å². The molecule has 2 rings (SSSR count). The third kappa shape index (κ3) is 3.09. The number of hydrogen-bond acceptors (Lipinski definition) is 4. The summed E-state index contributed by atoms with van der Waals surface area (Å²) >= 11 is 6.11. The molecule has 5 heteroatoms. The Hall–Kier alpha value is -1.94. The highest BCUT2D eigenvalue weighted by atomic mass is 35.5. The fourth-order valence-electron chi connectivity index (χ4n) is 1.72. The zero-order valence-corrected chi connectivity index (χ0v) is 11.4. The van der Waals surface area contributed by atoms with E-state index in [0.29, 0.717) is 16.3 Å². The second-order valence-electron chi connectivity index (χ2n) is 4.11. The van der Waals surface area contributed by atoms with Crippen molar-refractivity contribution in [3.63, 3.8) is 0 Å². The molecule has 0 amide bonds. The van der Waals surface area contributed by atoms with E-state index in [4.69, 9.17) is 16.0 Å². The predicted octanol–water partition coefficient (Wildman–Crippen LogP) is 3.89. The van der Waals surface area contributed by atoms with Crippen molar-refractivity contribution in [2.45, 2.75) is 13.0 Å². The molecule has 1 aromatic heterocycles. The van der Waals surface area contributed by atoms with Crippen molar-refractivity contribution in [1.82, 2.24) is 0 Å². The van der Waals surface area contributed by atoms with Crippen LogP contribution < -0.4 is 5.32 Å². The van der Waals surface area contributed by atoms with Gasteiger partial charge in [0.1, 0.15) is 0 Å². The number of hydrogen-bond donors (Lipinski definition) is 1. The largest absolute Gasteiger partial charge is 0.472 e. The highest BCUT2D eigenvalue weighted by Crippen LogP contribution is 2.27. The van der Waals surface area contributed by atoms with Crippen molar-refractivity contribution < 1.29 is 13.9 Å². The lowest BCUT2D eigenvalue weighted by molar-refractivity contribution is 0.0601. The van der Waals surface area contributed by atoms with Crippen LogP contribution in [0.1, 0.15) is 28.9 Å². The van der Waals surface area contributed by atoms with Crippen LogP contribution in [-0.4, -0.2) is 13.1 Å². The van der Waals surface area contributed by atoms with Crippen molar-refractivity contribution in [1.29, 1.82) is 0 Å². The number of benzene rings is 1. The summed E-state index contributed by atoms with van der Waals surface area (Å²) in [6, 6.07) is 6.85. The molecule has 1 atom stereocenters. The fourth-order valence-corrected chi connectivity index (χ4v) is 1.89. The Labute approximate surface area is 116 Å². The van der Waals surface area contributed by atoms with E-state index in [1.807, 2.05) is 13.0 Å². The Morgan fingerprint density at radius 2 is 2.21 bits per heavy atom. The minimum Gasteiger partial charge on any atom is -0.472 e. The average Bonchev–Trinajstić information content (AvgIpc) is 2.94. The Bertz CT molecular complexity index is 566. The zero-order valence-electron chi connectivity index (χ0n) is 10.6. The van der Waals surface area contributed by atoms with E-state index in [1.165, 1.54) is 7.11 Å². The van der Waals surface area contributed by atoms with Crippen LogP contribution in [0.25, 0.3) is 0 Å². The third-order valence-corrected chi connectivity index (χ3v) is 3.13. The molecule has 100 valence electrons. The minimum atomic E-state index is -0.393. The Morgan fingerprint density at radius 1 is 1.42 bits per heavy atom. The summed E-state index contributed by atoms with van der Waals surface area (Å²) in [5.41, 5.74) is 2.13. The number of ether oxygens (including phenoxy) is 1. The van der Waals surface area contributed by atoms with Gasteiger partial charge < -0.3 is 14.5 Å². The van der Waals surface area contributed by atoms with Gasteiger partial charge in [-0.3, -0.25) is 0 Å². The molecule has 0 bridgehead atoms. The summed E-state index contributed by atoms with van der Waals surface area (Å²) in [5.74, 6) is -0.393. The van der Waals surface area contributed by atoms with E-state index < -0.39 is 5.97 Å². The number of halogens is 1. The molecule has 0 aliphatic carbocycles. The lowest BCUT2D eigenvalue weighted by Crippen LogP contribution is -2.08. The van der Waals surface area contributed by atoms with Crippen LogP contribution in [0.3, 0.4) is 0 Å². The second kappa shape index (κ2) is 5.80. The Morgan fingerprint density at radius 3 is 2.84 bits per heavy atom. The highest BCUT2D eigenvalue weighted by Gasteiger charge is 2.12. The topological polar surface area (TPSA) is 51.5 Å². The number of methoxy groups -OCH3 is 1. The molecule has 0 aliphatic rings. The molecule has 1 unspecified atom stereocenters. The molecule has 0 fully saturated rings. The van der Waals surface area contributed by atoms with Crippen LogP contribution in [0, 0.1) is 0 Å². The molecule has 0 saturated carbocycles. The normalized spacial score (nSPS) is 11.9. The minimum absolute atomic E-state index is 0.0177. The smallest absolute Gasteiger partial charge is 0.337 e. The molecule has 1 aromatic carbocycles. The number of furan rings is 1. The van der Waals surface area contributed by atoms with Crippen molar-refractivity contribution in [3.8, 4) is 0 Å². The van der Waals surface area contributed by atoms with E-state index in [9.17, 15) is 4.79 Å². The van der Waals surface area contributed by atoms with Crippen molar-refractivity contribution in [2.75, 3.05) is 12.4 Å². The first-order chi connectivity index (χ1) is 9.11. The summed E-state index contributed by atoms with van der Waals surface area (Å²) in [7, 11) is 1.35. The second-order valence-corrected chi connectivity index (χ2v) is 4.52. The summed E-state index contributed by atoms with van der Waals surface area (Å²) in [6.45, 7) is 1.98. The van der Waals surface area contributed by atoms with Crippen molar-refractivity contribution in [2.24, 2.45) is 0 Å². The molecule has 0 radical (unpaired) electrons. The number of carbonyl (C=O) groups is 1. The first-order valence-electron chi connectivity index (χ1n) is 5.78. The molecule has 19 heavy (non-hydrogen) atoms. The van der Waals surface area contributed by atoms with Gasteiger partial charge in [-0.25, -0.2) is 4.79 Å². The van der Waals surface area contributed by atoms with E-state index in [2.05, 4.69) is 10.1 Å². The van der Waals surface area contributed by atoms with Gasteiger partial charge in [0, 0.05) is 5.56 Å². The highest BCUT2D eigenvalue weighted by molar-refractivity contribution is 6.33. The van der Waals surface area contributed by atoms with Crippen LogP contribution in [0.2, 0.25) is 5.02 Å². The zero-order chi connectivity index (χ0) is 13.8. The Balaban J connectivity index is 2.22. The average molecular weight is 280 g/mol. The first-order valence-corrected chi connectivity index (χ1v) is 6.16. The van der Waals surface area contributed by atoms with Crippen LogP contribution >= 0.6 is 11.6 Å². The SMILES string of the molecule is COC(=O)c1ccc(Cl)c(NC(C)c2ccoc2)c1. The van der Waals surface area contributed by atoms with Gasteiger partial charge in [0.05, 0.1) is 42.0 Å². The number of anilines is 1. The fraction of sp³-hybridized carbons (Fsp3) is 0.214. The first kappa shape index (κ1) is 13.5. The molecule has 2 aromatic rings. The summed E-state index contributed by atoms with van der Waals surface area (Å²) in [6.07, 6.45) is 3.27. The standard InChI is InChI=1S/C14H14ClNO3/c1-9(11-5-6-19-8-11)16-13-7-10(14(17)18-2)3-4-12(13)15/h3-9,16H,1-2H3. The van der Waals surface area contributed by atoms with Gasteiger partial charge in [-0.1, -0.05) is 11.6 Å². The van der Waals surface area contributed by atoms with Gasteiger partial charge >= 0.3 is 5.97 Å². The van der Waals surface area contributed by atoms with Crippen molar-refractivity contribution in [3.05, 3.63) is 52.9 Å². The van der Waals surface area contributed by atoms with Gasteiger partial charge in [0.25, 0.3) is 0 Å². The number of rotatable bonds is 4. The predicted molar refractivity (Wildman–Crippen MR) is 73.5 cm³/mol. The molecular formula is C14H14ClNO3. The quantitative estimate of drug-likeness (QED) is 0.863. The van der Waals surface area contributed by atoms with Crippen molar-refractivity contribution >= 4 is 23.3 Å². The van der Waals surface area contributed by atoms with Gasteiger partial charge in [0.15, 0.2) is 0 Å². The summed E-state index contributed by atoms with van der Waals surface area (Å²) in [4.78, 5) is 11.5. The van der Waals surface area contributed by atoms with Gasteiger partial charge in [-0.05, 0) is 31.2 Å². The van der Waals surface area contributed by atoms with E-state index in [0.717, 1.165) is 5.56 Å². The summed E-state index contributed by atoms with van der Waals surface area (Å²) < 4.78 is 9.72. The molecule has 0 aliphatic heterocycles. The van der Waals surface area contributed by atoms with Crippen LogP contribution in [0.15, 0.2) is 41.2 Å². The molecule has 0 saturated heterocycles. The monoisotopic (exact) mass is 279 g/mol. The molecule has 1 heterocycles. The number of esters is 1. The maximum Gasteiger partial charge on any atom is 0.337 e. The molecule has 4 nitrogen and oxygen atoms in total. The maximum absolute atomic E-state index is 11.5. The van der Waals surface area contributed by atoms with E-state index in [1.54, 1.807) is 30.7 Å². The molecule has 0 spiro atoms. The van der Waals surface area contributed by atoms with Gasteiger partial charge in [-0.2, -0.15) is 0 Å². The third-order valence-electron chi connectivity index (χ3n) is 2.80. The van der Waals surface area contributed by atoms with Crippen LogP contribution in [0.4, 0.5) is 5.69 Å². The number of carbonyl (C=O) groups excluding carboxylic acids is 1. The number of nitrogens with one attached hydrogen (secondary N) is 1. The van der Waals surface area contributed by atoms with Crippen LogP contribution in [-0.2, 0) is 4.74 Å². The lowest BCUT2D eigenvalue weighted by atomic mass is 10.1.